The Kier molecular flexibility index (Phi) is 9.92. The smallest absolute Gasteiger partial charge is 0.376 e. The minimum Gasteiger partial charge on any atom is -0.387 e. The van der Waals surface area contributed by atoms with E-state index in [4.69, 9.17) is 42.5 Å². The number of urea groups is 1. The second kappa shape index (κ2) is 12.0. The predicted molar refractivity (Wildman–Crippen MR) is 132 cm³/mol. The Balaban J connectivity index is 1.71. The van der Waals surface area contributed by atoms with Gasteiger partial charge in [0.15, 0.2) is 0 Å². The maximum absolute atomic E-state index is 14.9. The van der Waals surface area contributed by atoms with E-state index in [9.17, 15) is 37.8 Å². The highest BCUT2D eigenvalue weighted by Gasteiger charge is 2.61. The minimum absolute atomic E-state index is 0.0604. The first kappa shape index (κ1) is 32.3. The molecule has 0 saturated carbocycles. The molecule has 0 aromatic heterocycles. The average Bonchev–Trinajstić information content (AvgIpc) is 3.13. The van der Waals surface area contributed by atoms with E-state index in [0.29, 0.717) is 4.90 Å². The Morgan fingerprint density at radius 1 is 1.18 bits per heavy atom. The molecule has 1 saturated heterocycles. The molecule has 1 fully saturated rings. The zero-order valence-electron chi connectivity index (χ0n) is 19.9. The maximum Gasteiger partial charge on any atom is 0.376 e. The number of carbonyl (C=O) groups excluding carboxylic acids is 1. The molecule has 2 heterocycles. The summed E-state index contributed by atoms with van der Waals surface area (Å²) in [5.74, 6) is -3.45. The van der Waals surface area contributed by atoms with E-state index in [1.54, 1.807) is 6.07 Å². The fraction of sp³-hybridized carbons (Fsp3) is 0.550. The normalized spacial score (nSPS) is 26.8. The third-order valence-electron chi connectivity index (χ3n) is 5.85. The van der Waals surface area contributed by atoms with Crippen molar-refractivity contribution in [3.63, 3.8) is 0 Å². The summed E-state index contributed by atoms with van der Waals surface area (Å²) in [7, 11) is -11.0. The second-order valence-electron chi connectivity index (χ2n) is 8.83. The number of hydrogen-bond donors (Lipinski definition) is 5. The van der Waals surface area contributed by atoms with Gasteiger partial charge < -0.3 is 38.9 Å². The molecule has 220 valence electrons. The van der Waals surface area contributed by atoms with Crippen LogP contribution in [0.1, 0.15) is 5.56 Å². The molecule has 0 spiro atoms. The number of nitrogens with zero attached hydrogens (tertiary/aromatic N) is 2. The molecular formula is C20H26Cl2F2N2O11P2. The van der Waals surface area contributed by atoms with Gasteiger partial charge in [0.25, 0.3) is 5.92 Å². The number of halogens is 4. The molecule has 4 atom stereocenters. The van der Waals surface area contributed by atoms with Gasteiger partial charge >= 0.3 is 25.0 Å². The topological polar surface area (TPSA) is 187 Å². The summed E-state index contributed by atoms with van der Waals surface area (Å²) in [6, 6.07) is 5.81. The highest BCUT2D eigenvalue weighted by molar-refractivity contribution is 7.78. The third-order valence-corrected chi connectivity index (χ3v) is 11.9. The summed E-state index contributed by atoms with van der Waals surface area (Å²) in [5, 5.41) is 21.7. The van der Waals surface area contributed by atoms with Gasteiger partial charge in [-0.25, -0.2) is 4.79 Å². The quantitative estimate of drug-likeness (QED) is 0.186. The largest absolute Gasteiger partial charge is 0.387 e. The fourth-order valence-electron chi connectivity index (χ4n) is 3.71. The summed E-state index contributed by atoms with van der Waals surface area (Å²) in [4.78, 5) is 42.8. The Labute approximate surface area is 231 Å². The standard InChI is InChI=1S/C20H26Cl2F2N2O11P2/c21-20(22,38(30,31)32)39(33,34)37-9-15-16(27)18(29,12-36-15)10-25-7-4-8-35-13-26(17(25)28)11-19(23,24)14-5-2-1-3-6-14/h1-7,15-16,27,29H,8-13H2,(H,33,34)(H2,30,31,32)/t15-,16?,18?/m1/s1. The third kappa shape index (κ3) is 7.18. The number of ether oxygens (including phenoxy) is 2. The summed E-state index contributed by atoms with van der Waals surface area (Å²) >= 11 is 10.7. The highest BCUT2D eigenvalue weighted by atomic mass is 35.5. The van der Waals surface area contributed by atoms with Crippen molar-refractivity contribution in [1.29, 1.82) is 0 Å². The van der Waals surface area contributed by atoms with Gasteiger partial charge in [0.05, 0.1) is 32.9 Å². The molecule has 2 amide bonds. The fourth-order valence-corrected chi connectivity index (χ4v) is 6.00. The highest BCUT2D eigenvalue weighted by Crippen LogP contribution is 2.75. The molecular weight excluding hydrogens is 615 g/mol. The van der Waals surface area contributed by atoms with Crippen LogP contribution in [0.2, 0.25) is 0 Å². The van der Waals surface area contributed by atoms with Crippen LogP contribution in [-0.2, 0) is 29.1 Å². The molecule has 0 radical (unpaired) electrons. The molecule has 5 N–H and O–H groups in total. The molecule has 2 aliphatic rings. The summed E-state index contributed by atoms with van der Waals surface area (Å²) in [6.45, 7) is -3.92. The second-order valence-corrected chi connectivity index (χ2v) is 15.3. The van der Waals surface area contributed by atoms with Crippen molar-refractivity contribution in [3.8, 4) is 0 Å². The first-order chi connectivity index (χ1) is 17.9. The zero-order valence-corrected chi connectivity index (χ0v) is 23.2. The number of amides is 2. The molecule has 19 heteroatoms. The van der Waals surface area contributed by atoms with E-state index in [2.05, 4.69) is 4.52 Å². The van der Waals surface area contributed by atoms with Crippen molar-refractivity contribution in [2.75, 3.05) is 39.6 Å². The number of aliphatic hydroxyl groups is 2. The molecule has 2 aliphatic heterocycles. The van der Waals surface area contributed by atoms with E-state index in [0.717, 1.165) is 4.90 Å². The zero-order chi connectivity index (χ0) is 29.3. The van der Waals surface area contributed by atoms with Gasteiger partial charge in [0.2, 0.25) is 0 Å². The summed E-state index contributed by atoms with van der Waals surface area (Å²) in [6.07, 6.45) is -0.871. The summed E-state index contributed by atoms with van der Waals surface area (Å²) in [5.41, 5.74) is -2.55. The van der Waals surface area contributed by atoms with Crippen LogP contribution in [0.3, 0.4) is 0 Å². The molecule has 3 rings (SSSR count). The lowest BCUT2D eigenvalue weighted by atomic mass is 9.96. The monoisotopic (exact) mass is 640 g/mol. The van der Waals surface area contributed by atoms with Crippen molar-refractivity contribution in [3.05, 3.63) is 48.2 Å². The minimum atomic E-state index is -5.55. The molecule has 0 aliphatic carbocycles. The van der Waals surface area contributed by atoms with Crippen LogP contribution in [0.5, 0.6) is 0 Å². The Morgan fingerprint density at radius 2 is 1.82 bits per heavy atom. The number of β-amino-alcohol motifs (C(OH)–C–C–N with tert-alkyl or cyclic N) is 1. The van der Waals surface area contributed by atoms with Gasteiger partial charge in [0.1, 0.15) is 24.5 Å². The van der Waals surface area contributed by atoms with Crippen molar-refractivity contribution in [1.82, 2.24) is 9.80 Å². The maximum atomic E-state index is 14.9. The van der Waals surface area contributed by atoms with Gasteiger partial charge in [-0.1, -0.05) is 53.5 Å². The van der Waals surface area contributed by atoms with Gasteiger partial charge in [-0.05, 0) is 6.08 Å². The SMILES string of the molecule is O=C1N(CC2(O)CO[C@H](COP(=O)(O)C(Cl)(Cl)P(=O)(O)O)C2O)C=CCOCN1CC(F)(F)c1ccccc1. The van der Waals surface area contributed by atoms with E-state index in [-0.39, 0.29) is 12.2 Å². The van der Waals surface area contributed by atoms with Crippen LogP contribution >= 0.6 is 38.4 Å². The van der Waals surface area contributed by atoms with Crippen molar-refractivity contribution in [2.24, 2.45) is 0 Å². The number of alkyl halides is 4. The van der Waals surface area contributed by atoms with Crippen molar-refractivity contribution >= 4 is 44.4 Å². The number of carbonyl (C=O) groups is 1. The van der Waals surface area contributed by atoms with Crippen molar-refractivity contribution in [2.45, 2.75) is 27.5 Å². The van der Waals surface area contributed by atoms with Crippen LogP contribution in [0.4, 0.5) is 13.6 Å². The molecule has 0 bridgehead atoms. The number of aliphatic hydroxyl groups excluding tert-OH is 1. The molecule has 3 unspecified atom stereocenters. The number of hydrogen-bond acceptors (Lipinski definition) is 8. The lowest BCUT2D eigenvalue weighted by molar-refractivity contribution is -0.0734. The first-order valence-corrected chi connectivity index (χ1v) is 15.0. The Morgan fingerprint density at radius 3 is 2.44 bits per heavy atom. The van der Waals surface area contributed by atoms with Crippen LogP contribution in [0, 0.1) is 0 Å². The van der Waals surface area contributed by atoms with Gasteiger partial charge in [-0.15, -0.1) is 0 Å². The van der Waals surface area contributed by atoms with E-state index >= 15 is 0 Å². The van der Waals surface area contributed by atoms with Crippen LogP contribution in [-0.4, -0.2) is 102 Å². The van der Waals surface area contributed by atoms with E-state index in [1.165, 1.54) is 36.5 Å². The Hall–Kier alpha value is -1.19. The number of benzene rings is 1. The van der Waals surface area contributed by atoms with Crippen LogP contribution < -0.4 is 0 Å². The van der Waals surface area contributed by atoms with Gasteiger partial charge in [-0.3, -0.25) is 18.9 Å². The van der Waals surface area contributed by atoms with Crippen molar-refractivity contribution < 1.29 is 61.6 Å². The first-order valence-electron chi connectivity index (χ1n) is 11.1. The van der Waals surface area contributed by atoms with Gasteiger partial charge in [0, 0.05) is 11.8 Å². The van der Waals surface area contributed by atoms with E-state index < -0.39 is 81.8 Å². The predicted octanol–water partition coefficient (Wildman–Crippen LogP) is 1.96. The van der Waals surface area contributed by atoms with Crippen LogP contribution in [0.25, 0.3) is 0 Å². The molecule has 39 heavy (non-hydrogen) atoms. The summed E-state index contributed by atoms with van der Waals surface area (Å²) < 4.78 is 64.9. The average molecular weight is 641 g/mol. The molecule has 13 nitrogen and oxygen atoms in total. The lowest BCUT2D eigenvalue weighted by Gasteiger charge is -2.36. The molecule has 1 aromatic carbocycles. The number of rotatable bonds is 10. The van der Waals surface area contributed by atoms with Crippen LogP contribution in [0.15, 0.2) is 42.6 Å². The van der Waals surface area contributed by atoms with E-state index in [1.807, 2.05) is 0 Å². The Bertz CT molecular complexity index is 1160. The van der Waals surface area contributed by atoms with Gasteiger partial charge in [-0.2, -0.15) is 8.78 Å². The molecule has 1 aromatic rings. The lowest BCUT2D eigenvalue weighted by Crippen LogP contribution is -2.56.